The first-order valence-electron chi connectivity index (χ1n) is 8.12. The topological polar surface area (TPSA) is 6.48 Å². The average molecular weight is 285 g/mol. The van der Waals surface area contributed by atoms with Crippen molar-refractivity contribution >= 4 is 11.8 Å². The summed E-state index contributed by atoms with van der Waals surface area (Å²) in [6, 6.07) is 0. The van der Waals surface area contributed by atoms with Gasteiger partial charge in [0, 0.05) is 12.4 Å². The molecule has 2 fully saturated rings. The number of hydrogen-bond acceptors (Lipinski definition) is 3. The lowest BCUT2D eigenvalue weighted by Gasteiger charge is -2.40. The Kier molecular flexibility index (Phi) is 6.51. The summed E-state index contributed by atoms with van der Waals surface area (Å²) in [4.78, 5) is 5.32. The maximum absolute atomic E-state index is 2.68. The van der Waals surface area contributed by atoms with Gasteiger partial charge in [0.25, 0.3) is 0 Å². The Bertz CT molecular complexity index is 241. The van der Waals surface area contributed by atoms with Crippen LogP contribution in [0.3, 0.4) is 0 Å². The fourth-order valence-corrected chi connectivity index (χ4v) is 4.48. The van der Waals surface area contributed by atoms with E-state index in [9.17, 15) is 0 Å². The number of rotatable bonds is 5. The standard InChI is InChI=1S/C16H32N2S/c1-14(2)12-17-8-4-15(5-9-17)16-6-10-18(11-7-16)13-19-3/h14-16H,4-13H2,1-3H3. The second kappa shape index (κ2) is 7.90. The average Bonchev–Trinajstić information content (AvgIpc) is 2.40. The van der Waals surface area contributed by atoms with Crippen LogP contribution in [0.15, 0.2) is 0 Å². The van der Waals surface area contributed by atoms with Gasteiger partial charge in [-0.15, -0.1) is 11.8 Å². The lowest BCUT2D eigenvalue weighted by Crippen LogP contribution is -2.41. The molecule has 19 heavy (non-hydrogen) atoms. The lowest BCUT2D eigenvalue weighted by molar-refractivity contribution is 0.0980. The van der Waals surface area contributed by atoms with E-state index in [1.165, 1.54) is 64.3 Å². The second-order valence-corrected chi connectivity index (χ2v) is 7.74. The molecule has 0 saturated carbocycles. The lowest BCUT2D eigenvalue weighted by atomic mass is 9.79. The van der Waals surface area contributed by atoms with E-state index >= 15 is 0 Å². The van der Waals surface area contributed by atoms with Crippen molar-refractivity contribution in [2.45, 2.75) is 39.5 Å². The molecule has 0 atom stereocenters. The summed E-state index contributed by atoms with van der Waals surface area (Å²) in [5, 5.41) is 0. The predicted molar refractivity (Wildman–Crippen MR) is 86.7 cm³/mol. The first-order valence-corrected chi connectivity index (χ1v) is 9.52. The van der Waals surface area contributed by atoms with Crippen LogP contribution in [0.2, 0.25) is 0 Å². The molecule has 2 heterocycles. The van der Waals surface area contributed by atoms with Crippen LogP contribution in [0.5, 0.6) is 0 Å². The number of thioether (sulfide) groups is 1. The van der Waals surface area contributed by atoms with E-state index in [1.54, 1.807) is 0 Å². The molecule has 2 nitrogen and oxygen atoms in total. The van der Waals surface area contributed by atoms with Crippen molar-refractivity contribution in [3.05, 3.63) is 0 Å². The number of piperidine rings is 2. The summed E-state index contributed by atoms with van der Waals surface area (Å²) >= 11 is 1.97. The van der Waals surface area contributed by atoms with Crippen LogP contribution in [-0.2, 0) is 0 Å². The molecule has 0 unspecified atom stereocenters. The van der Waals surface area contributed by atoms with Gasteiger partial charge in [0.05, 0.1) is 0 Å². The molecule has 0 aromatic rings. The first kappa shape index (κ1) is 15.7. The summed E-state index contributed by atoms with van der Waals surface area (Å²) in [7, 11) is 0. The van der Waals surface area contributed by atoms with Crippen molar-refractivity contribution in [2.24, 2.45) is 17.8 Å². The van der Waals surface area contributed by atoms with Crippen molar-refractivity contribution < 1.29 is 0 Å². The minimum Gasteiger partial charge on any atom is -0.303 e. The predicted octanol–water partition coefficient (Wildman–Crippen LogP) is 3.39. The van der Waals surface area contributed by atoms with Crippen molar-refractivity contribution in [3.63, 3.8) is 0 Å². The van der Waals surface area contributed by atoms with Crippen molar-refractivity contribution in [2.75, 3.05) is 44.9 Å². The SMILES string of the molecule is CSCN1CCC(C2CCN(CC(C)C)CC2)CC1. The van der Waals surface area contributed by atoms with Crippen LogP contribution in [0.1, 0.15) is 39.5 Å². The van der Waals surface area contributed by atoms with Gasteiger partial charge in [0.15, 0.2) is 0 Å². The Morgan fingerprint density at radius 2 is 1.37 bits per heavy atom. The molecule has 112 valence electrons. The molecule has 0 spiro atoms. The highest BCUT2D eigenvalue weighted by Gasteiger charge is 2.29. The zero-order chi connectivity index (χ0) is 13.7. The van der Waals surface area contributed by atoms with E-state index in [-0.39, 0.29) is 0 Å². The molecule has 0 aromatic heterocycles. The number of likely N-dealkylation sites (tertiary alicyclic amines) is 2. The van der Waals surface area contributed by atoms with Gasteiger partial charge in [-0.1, -0.05) is 13.8 Å². The van der Waals surface area contributed by atoms with Crippen molar-refractivity contribution in [3.8, 4) is 0 Å². The molecular weight excluding hydrogens is 252 g/mol. The molecule has 2 aliphatic rings. The Labute approximate surface area is 124 Å². The fraction of sp³-hybridized carbons (Fsp3) is 1.00. The molecule has 3 heteroatoms. The van der Waals surface area contributed by atoms with Gasteiger partial charge in [-0.2, -0.15) is 0 Å². The molecule has 2 rings (SSSR count). The number of nitrogens with zero attached hydrogens (tertiary/aromatic N) is 2. The molecule has 0 amide bonds. The van der Waals surface area contributed by atoms with Gasteiger partial charge >= 0.3 is 0 Å². The number of hydrogen-bond donors (Lipinski definition) is 0. The van der Waals surface area contributed by atoms with Crippen LogP contribution in [-0.4, -0.2) is 54.7 Å². The van der Waals surface area contributed by atoms with E-state index in [1.807, 2.05) is 11.8 Å². The van der Waals surface area contributed by atoms with Crippen molar-refractivity contribution in [1.82, 2.24) is 9.80 Å². The third-order valence-corrected chi connectivity index (χ3v) is 5.49. The minimum atomic E-state index is 0.825. The molecule has 0 radical (unpaired) electrons. The normalized spacial score (nSPS) is 25.3. The minimum absolute atomic E-state index is 0.825. The molecule has 0 N–H and O–H groups in total. The monoisotopic (exact) mass is 284 g/mol. The highest BCUT2D eigenvalue weighted by molar-refractivity contribution is 7.98. The van der Waals surface area contributed by atoms with Crippen LogP contribution >= 0.6 is 11.8 Å². The van der Waals surface area contributed by atoms with Gasteiger partial charge in [0.2, 0.25) is 0 Å². The van der Waals surface area contributed by atoms with Gasteiger partial charge in [-0.05, 0) is 75.9 Å². The zero-order valence-corrected chi connectivity index (χ0v) is 13.9. The van der Waals surface area contributed by atoms with Gasteiger partial charge < -0.3 is 4.90 Å². The largest absolute Gasteiger partial charge is 0.303 e. The summed E-state index contributed by atoms with van der Waals surface area (Å²) in [5.41, 5.74) is 0. The smallest absolute Gasteiger partial charge is 0.0441 e. The van der Waals surface area contributed by atoms with Crippen molar-refractivity contribution in [1.29, 1.82) is 0 Å². The summed E-state index contributed by atoms with van der Waals surface area (Å²) in [6.07, 6.45) is 8.04. The van der Waals surface area contributed by atoms with E-state index in [0.29, 0.717) is 0 Å². The first-order chi connectivity index (χ1) is 9.19. The summed E-state index contributed by atoms with van der Waals surface area (Å²) in [6.45, 7) is 11.4. The molecule has 0 bridgehead atoms. The van der Waals surface area contributed by atoms with Gasteiger partial charge in [-0.3, -0.25) is 4.90 Å². The molecule has 2 saturated heterocycles. The fourth-order valence-electron chi connectivity index (χ4n) is 3.86. The summed E-state index contributed by atoms with van der Waals surface area (Å²) < 4.78 is 0. The highest BCUT2D eigenvalue weighted by Crippen LogP contribution is 2.32. The van der Waals surface area contributed by atoms with E-state index in [2.05, 4.69) is 29.9 Å². The quantitative estimate of drug-likeness (QED) is 0.764. The maximum atomic E-state index is 2.68. The molecule has 0 aromatic carbocycles. The van der Waals surface area contributed by atoms with E-state index < -0.39 is 0 Å². The highest BCUT2D eigenvalue weighted by atomic mass is 32.2. The third kappa shape index (κ3) is 4.95. The summed E-state index contributed by atoms with van der Waals surface area (Å²) in [5.74, 6) is 4.12. The van der Waals surface area contributed by atoms with Gasteiger partial charge in [0.1, 0.15) is 0 Å². The Morgan fingerprint density at radius 1 is 0.895 bits per heavy atom. The molecule has 2 aliphatic heterocycles. The Balaban J connectivity index is 1.68. The second-order valence-electron chi connectivity index (χ2n) is 6.91. The Morgan fingerprint density at radius 3 is 1.79 bits per heavy atom. The molecule has 0 aliphatic carbocycles. The maximum Gasteiger partial charge on any atom is 0.0441 e. The van der Waals surface area contributed by atoms with Crippen LogP contribution < -0.4 is 0 Å². The van der Waals surface area contributed by atoms with Crippen LogP contribution in [0.4, 0.5) is 0 Å². The van der Waals surface area contributed by atoms with E-state index in [0.717, 1.165) is 17.8 Å². The molecular formula is C16H32N2S. The van der Waals surface area contributed by atoms with Gasteiger partial charge in [-0.25, -0.2) is 0 Å². The van der Waals surface area contributed by atoms with Crippen LogP contribution in [0, 0.1) is 17.8 Å². The zero-order valence-electron chi connectivity index (χ0n) is 13.1. The third-order valence-electron chi connectivity index (χ3n) is 4.87. The van der Waals surface area contributed by atoms with E-state index in [4.69, 9.17) is 0 Å². The Hall–Kier alpha value is 0.270. The van der Waals surface area contributed by atoms with Crippen LogP contribution in [0.25, 0.3) is 0 Å².